The van der Waals surface area contributed by atoms with Gasteiger partial charge in [-0.05, 0) is 78.1 Å². The summed E-state index contributed by atoms with van der Waals surface area (Å²) in [6.45, 7) is 4.44. The molecule has 0 saturated carbocycles. The predicted molar refractivity (Wildman–Crippen MR) is 147 cm³/mol. The van der Waals surface area contributed by atoms with Gasteiger partial charge in [0.2, 0.25) is 5.76 Å². The number of amides is 1. The van der Waals surface area contributed by atoms with Crippen LogP contribution >= 0.6 is 0 Å². The van der Waals surface area contributed by atoms with Crippen molar-refractivity contribution in [3.8, 4) is 5.75 Å². The van der Waals surface area contributed by atoms with E-state index >= 15 is 0 Å². The van der Waals surface area contributed by atoms with Crippen LogP contribution < -0.4 is 10.2 Å². The van der Waals surface area contributed by atoms with Crippen molar-refractivity contribution in [2.45, 2.75) is 33.0 Å². The summed E-state index contributed by atoms with van der Waals surface area (Å²) < 4.78 is 25.8. The molecular weight excluding hydrogens is 493 g/mol. The van der Waals surface area contributed by atoms with E-state index in [-0.39, 0.29) is 29.5 Å². The van der Waals surface area contributed by atoms with Crippen LogP contribution in [0, 0.1) is 19.7 Å². The van der Waals surface area contributed by atoms with Gasteiger partial charge < -0.3 is 14.1 Å². The molecule has 1 unspecified atom stereocenters. The number of benzene rings is 4. The van der Waals surface area contributed by atoms with Gasteiger partial charge in [0.25, 0.3) is 5.91 Å². The van der Waals surface area contributed by atoms with E-state index in [0.717, 1.165) is 27.8 Å². The Hall–Kier alpha value is -4.71. The molecule has 0 fully saturated rings. The van der Waals surface area contributed by atoms with Crippen molar-refractivity contribution < 1.29 is 18.3 Å². The SMILES string of the molecule is Cc1cc2oc3c(c(=O)c2cc1C)C(c1cccc(OCc2ccccc2)c1)N(Cc1ccc(F)cc1)C3=O. The Morgan fingerprint density at radius 1 is 0.846 bits per heavy atom. The smallest absolute Gasteiger partial charge is 0.291 e. The highest BCUT2D eigenvalue weighted by atomic mass is 19.1. The molecule has 5 nitrogen and oxygen atoms in total. The number of rotatable bonds is 6. The van der Waals surface area contributed by atoms with Gasteiger partial charge in [-0.3, -0.25) is 9.59 Å². The van der Waals surface area contributed by atoms with Crippen LogP contribution in [-0.2, 0) is 13.2 Å². The molecule has 5 aromatic rings. The topological polar surface area (TPSA) is 59.8 Å². The van der Waals surface area contributed by atoms with E-state index in [1.165, 1.54) is 12.1 Å². The maximum atomic E-state index is 13.9. The van der Waals surface area contributed by atoms with E-state index in [4.69, 9.17) is 9.15 Å². The molecule has 1 aliphatic heterocycles. The molecule has 1 atom stereocenters. The molecule has 0 saturated heterocycles. The lowest BCUT2D eigenvalue weighted by molar-refractivity contribution is 0.0714. The fourth-order valence-corrected chi connectivity index (χ4v) is 5.09. The Balaban J connectivity index is 1.46. The molecule has 0 N–H and O–H groups in total. The maximum Gasteiger partial charge on any atom is 0.291 e. The second-order valence-electron chi connectivity index (χ2n) is 9.92. The van der Waals surface area contributed by atoms with Crippen molar-refractivity contribution >= 4 is 16.9 Å². The van der Waals surface area contributed by atoms with Gasteiger partial charge in [0, 0.05) is 6.54 Å². The molecule has 39 heavy (non-hydrogen) atoms. The zero-order valence-electron chi connectivity index (χ0n) is 21.6. The van der Waals surface area contributed by atoms with Crippen molar-refractivity contribution in [2.24, 2.45) is 0 Å². The molecule has 1 amide bonds. The fraction of sp³-hybridized carbons (Fsp3) is 0.152. The van der Waals surface area contributed by atoms with Crippen LogP contribution in [0.25, 0.3) is 11.0 Å². The van der Waals surface area contributed by atoms with Gasteiger partial charge >= 0.3 is 0 Å². The molecule has 0 spiro atoms. The van der Waals surface area contributed by atoms with Crippen LogP contribution in [-0.4, -0.2) is 10.8 Å². The molecule has 6 heteroatoms. The first-order valence-electron chi connectivity index (χ1n) is 12.8. The van der Waals surface area contributed by atoms with Gasteiger partial charge in [0.1, 0.15) is 23.8 Å². The predicted octanol–water partition coefficient (Wildman–Crippen LogP) is 6.87. The van der Waals surface area contributed by atoms with E-state index in [9.17, 15) is 14.0 Å². The van der Waals surface area contributed by atoms with Gasteiger partial charge in [0.15, 0.2) is 5.43 Å². The number of ether oxygens (including phenoxy) is 1. The first-order valence-corrected chi connectivity index (χ1v) is 12.8. The second-order valence-corrected chi connectivity index (χ2v) is 9.92. The third-order valence-electron chi connectivity index (χ3n) is 7.27. The minimum atomic E-state index is -0.694. The molecule has 0 aliphatic carbocycles. The number of halogens is 1. The number of nitrogens with zero attached hydrogens (tertiary/aromatic N) is 1. The lowest BCUT2D eigenvalue weighted by Crippen LogP contribution is -2.29. The first kappa shape index (κ1) is 24.6. The Morgan fingerprint density at radius 3 is 2.36 bits per heavy atom. The van der Waals surface area contributed by atoms with Crippen LogP contribution in [0.2, 0.25) is 0 Å². The van der Waals surface area contributed by atoms with Gasteiger partial charge in [-0.2, -0.15) is 0 Å². The maximum absolute atomic E-state index is 13.9. The molecule has 0 bridgehead atoms. The summed E-state index contributed by atoms with van der Waals surface area (Å²) in [5.74, 6) is -0.0790. The number of fused-ring (bicyclic) bond motifs is 2. The van der Waals surface area contributed by atoms with Gasteiger partial charge in [-0.1, -0.05) is 54.6 Å². The van der Waals surface area contributed by atoms with Crippen LogP contribution in [0.15, 0.2) is 100 Å². The van der Waals surface area contributed by atoms with Gasteiger partial charge in [-0.15, -0.1) is 0 Å². The summed E-state index contributed by atoms with van der Waals surface area (Å²) in [6, 6.07) is 26.2. The number of carbonyl (C=O) groups excluding carboxylic acids is 1. The monoisotopic (exact) mass is 519 g/mol. The highest BCUT2D eigenvalue weighted by Gasteiger charge is 2.43. The lowest BCUT2D eigenvalue weighted by Gasteiger charge is -2.25. The quantitative estimate of drug-likeness (QED) is 0.246. The van der Waals surface area contributed by atoms with Crippen molar-refractivity contribution in [3.05, 3.63) is 146 Å². The van der Waals surface area contributed by atoms with E-state index in [1.54, 1.807) is 23.1 Å². The number of hydrogen-bond acceptors (Lipinski definition) is 4. The Labute approximate surface area is 225 Å². The molecule has 1 aromatic heterocycles. The highest BCUT2D eigenvalue weighted by molar-refractivity contribution is 5.99. The summed E-state index contributed by atoms with van der Waals surface area (Å²) in [6.07, 6.45) is 0. The zero-order valence-corrected chi connectivity index (χ0v) is 21.6. The Bertz CT molecular complexity index is 1760. The molecule has 194 valence electrons. The second kappa shape index (κ2) is 9.87. The summed E-state index contributed by atoms with van der Waals surface area (Å²) in [5, 5.41) is 0.440. The van der Waals surface area contributed by atoms with Crippen molar-refractivity contribution in [1.82, 2.24) is 4.90 Å². The Kier molecular flexibility index (Phi) is 6.23. The van der Waals surface area contributed by atoms with Crippen LogP contribution in [0.3, 0.4) is 0 Å². The minimum Gasteiger partial charge on any atom is -0.489 e. The number of aryl methyl sites for hydroxylation is 2. The number of hydrogen-bond donors (Lipinski definition) is 0. The average molecular weight is 520 g/mol. The standard InChI is InChI=1S/C33H26FNO4/c1-20-15-27-28(16-21(20)2)39-32-29(31(27)36)30(35(33(32)37)18-22-11-13-25(34)14-12-22)24-9-6-10-26(17-24)38-19-23-7-4-3-5-8-23/h3-17,30H,18-19H2,1-2H3. The van der Waals surface area contributed by atoms with E-state index < -0.39 is 6.04 Å². The third kappa shape index (κ3) is 4.59. The average Bonchev–Trinajstić information content (AvgIpc) is 3.22. The lowest BCUT2D eigenvalue weighted by atomic mass is 9.97. The highest BCUT2D eigenvalue weighted by Crippen LogP contribution is 2.40. The molecule has 6 rings (SSSR count). The zero-order chi connectivity index (χ0) is 27.1. The third-order valence-corrected chi connectivity index (χ3v) is 7.27. The summed E-state index contributed by atoms with van der Waals surface area (Å²) >= 11 is 0. The Morgan fingerprint density at radius 2 is 1.59 bits per heavy atom. The fourth-order valence-electron chi connectivity index (χ4n) is 5.09. The van der Waals surface area contributed by atoms with Crippen molar-refractivity contribution in [2.75, 3.05) is 0 Å². The van der Waals surface area contributed by atoms with E-state index in [0.29, 0.717) is 28.9 Å². The van der Waals surface area contributed by atoms with Crippen molar-refractivity contribution in [3.63, 3.8) is 0 Å². The van der Waals surface area contributed by atoms with E-state index in [1.807, 2.05) is 74.5 Å². The normalized spacial score (nSPS) is 14.6. The minimum absolute atomic E-state index is 0.0403. The van der Waals surface area contributed by atoms with Crippen LogP contribution in [0.4, 0.5) is 4.39 Å². The van der Waals surface area contributed by atoms with Crippen LogP contribution in [0.5, 0.6) is 5.75 Å². The van der Waals surface area contributed by atoms with Crippen LogP contribution in [0.1, 0.15) is 50.0 Å². The molecule has 2 heterocycles. The largest absolute Gasteiger partial charge is 0.489 e. The summed E-state index contributed by atoms with van der Waals surface area (Å²) in [4.78, 5) is 29.3. The number of carbonyl (C=O) groups is 1. The van der Waals surface area contributed by atoms with Gasteiger partial charge in [0.05, 0.1) is 17.0 Å². The summed E-state index contributed by atoms with van der Waals surface area (Å²) in [7, 11) is 0. The first-order chi connectivity index (χ1) is 18.9. The molecule has 0 radical (unpaired) electrons. The molecule has 1 aliphatic rings. The summed E-state index contributed by atoms with van der Waals surface area (Å²) in [5.41, 5.74) is 4.89. The molecular formula is C33H26FNO4. The van der Waals surface area contributed by atoms with E-state index in [2.05, 4.69) is 0 Å². The van der Waals surface area contributed by atoms with Crippen molar-refractivity contribution in [1.29, 1.82) is 0 Å². The molecule has 4 aromatic carbocycles. The van der Waals surface area contributed by atoms with Gasteiger partial charge in [-0.25, -0.2) is 4.39 Å².